The Hall–Kier alpha value is -2.82. The van der Waals surface area contributed by atoms with Gasteiger partial charge in [0.2, 0.25) is 5.76 Å². The van der Waals surface area contributed by atoms with Crippen LogP contribution in [0.2, 0.25) is 0 Å². The number of nitrogens with zero attached hydrogens (tertiary/aromatic N) is 1. The molecule has 3 rings (SSSR count). The minimum atomic E-state index is -1.18. The van der Waals surface area contributed by atoms with E-state index in [1.807, 2.05) is 42.5 Å². The molecule has 0 bridgehead atoms. The van der Waals surface area contributed by atoms with E-state index in [1.165, 1.54) is 12.1 Å². The first kappa shape index (κ1) is 15.1. The number of amides is 1. The molecule has 1 aromatic heterocycles. The molecule has 0 saturated carbocycles. The van der Waals surface area contributed by atoms with Crippen molar-refractivity contribution in [3.63, 3.8) is 0 Å². The predicted molar refractivity (Wildman–Crippen MR) is 85.2 cm³/mol. The molecule has 1 saturated heterocycles. The summed E-state index contributed by atoms with van der Waals surface area (Å²) in [6.07, 6.45) is 5.83. The number of furan rings is 1. The Morgan fingerprint density at radius 2 is 1.87 bits per heavy atom. The van der Waals surface area contributed by atoms with Gasteiger partial charge in [-0.2, -0.15) is 0 Å². The van der Waals surface area contributed by atoms with Crippen LogP contribution in [0.5, 0.6) is 0 Å². The lowest BCUT2D eigenvalue weighted by atomic mass is 10.1. The van der Waals surface area contributed by atoms with Crippen molar-refractivity contribution < 1.29 is 19.1 Å². The molecule has 0 radical (unpaired) electrons. The normalized spacial score (nSPS) is 17.7. The van der Waals surface area contributed by atoms with Gasteiger partial charge < -0.3 is 14.4 Å². The van der Waals surface area contributed by atoms with Crippen molar-refractivity contribution in [2.45, 2.75) is 18.9 Å². The molecule has 118 valence electrons. The van der Waals surface area contributed by atoms with Crippen molar-refractivity contribution in [2.24, 2.45) is 0 Å². The van der Waals surface area contributed by atoms with E-state index in [0.29, 0.717) is 6.54 Å². The quantitative estimate of drug-likeness (QED) is 0.940. The zero-order valence-corrected chi connectivity index (χ0v) is 12.5. The minimum Gasteiger partial charge on any atom is -0.475 e. The van der Waals surface area contributed by atoms with Crippen molar-refractivity contribution >= 4 is 18.0 Å². The van der Waals surface area contributed by atoms with Gasteiger partial charge in [-0.25, -0.2) is 4.79 Å². The lowest BCUT2D eigenvalue weighted by molar-refractivity contribution is 0.0650. The zero-order chi connectivity index (χ0) is 16.2. The molecule has 5 heteroatoms. The summed E-state index contributed by atoms with van der Waals surface area (Å²) >= 11 is 0. The van der Waals surface area contributed by atoms with Crippen LogP contribution in [0.3, 0.4) is 0 Å². The standard InChI is InChI=1S/C18H17NO4/c20-17(15-10-11-16(23-15)18(21)22)19-12-4-7-14(19)9-8-13-5-2-1-3-6-13/h1-3,5-6,8-11,14H,4,7,12H2,(H,21,22)/b9-8+. The fraction of sp³-hybridized carbons (Fsp3) is 0.222. The third kappa shape index (κ3) is 3.34. The second-order valence-electron chi connectivity index (χ2n) is 5.45. The Labute approximate surface area is 133 Å². The summed E-state index contributed by atoms with van der Waals surface area (Å²) in [5, 5.41) is 8.88. The third-order valence-corrected chi connectivity index (χ3v) is 3.90. The Morgan fingerprint density at radius 1 is 1.13 bits per heavy atom. The van der Waals surface area contributed by atoms with Crippen LogP contribution in [0.25, 0.3) is 6.08 Å². The molecule has 2 heterocycles. The van der Waals surface area contributed by atoms with Crippen LogP contribution in [-0.2, 0) is 0 Å². The molecule has 1 aromatic carbocycles. The fourth-order valence-electron chi connectivity index (χ4n) is 2.74. The highest BCUT2D eigenvalue weighted by molar-refractivity contribution is 5.94. The maximum atomic E-state index is 12.5. The number of benzene rings is 1. The molecular formula is C18H17NO4. The van der Waals surface area contributed by atoms with E-state index in [4.69, 9.17) is 9.52 Å². The van der Waals surface area contributed by atoms with Crippen LogP contribution in [-0.4, -0.2) is 34.5 Å². The highest BCUT2D eigenvalue weighted by Gasteiger charge is 2.29. The highest BCUT2D eigenvalue weighted by Crippen LogP contribution is 2.23. The highest BCUT2D eigenvalue weighted by atomic mass is 16.4. The maximum Gasteiger partial charge on any atom is 0.371 e. The summed E-state index contributed by atoms with van der Waals surface area (Å²) in [4.78, 5) is 25.1. The summed E-state index contributed by atoms with van der Waals surface area (Å²) in [5.74, 6) is -1.59. The molecule has 1 aliphatic heterocycles. The van der Waals surface area contributed by atoms with Gasteiger partial charge in [0.05, 0.1) is 6.04 Å². The van der Waals surface area contributed by atoms with Gasteiger partial charge >= 0.3 is 5.97 Å². The van der Waals surface area contributed by atoms with Crippen LogP contribution >= 0.6 is 0 Å². The number of likely N-dealkylation sites (tertiary alicyclic amines) is 1. The van der Waals surface area contributed by atoms with Gasteiger partial charge in [-0.15, -0.1) is 0 Å². The van der Waals surface area contributed by atoms with Crippen LogP contribution in [0.4, 0.5) is 0 Å². The summed E-state index contributed by atoms with van der Waals surface area (Å²) in [6.45, 7) is 0.645. The van der Waals surface area contributed by atoms with E-state index < -0.39 is 5.97 Å². The van der Waals surface area contributed by atoms with Gasteiger partial charge in [-0.05, 0) is 30.5 Å². The van der Waals surface area contributed by atoms with Gasteiger partial charge in [0, 0.05) is 6.54 Å². The van der Waals surface area contributed by atoms with E-state index in [-0.39, 0.29) is 23.5 Å². The zero-order valence-electron chi connectivity index (χ0n) is 12.5. The second-order valence-corrected chi connectivity index (χ2v) is 5.45. The summed E-state index contributed by atoms with van der Waals surface area (Å²) in [7, 11) is 0. The lowest BCUT2D eigenvalue weighted by Crippen LogP contribution is -2.34. The number of hydrogen-bond acceptors (Lipinski definition) is 3. The fourth-order valence-corrected chi connectivity index (χ4v) is 2.74. The lowest BCUT2D eigenvalue weighted by Gasteiger charge is -2.21. The Kier molecular flexibility index (Phi) is 4.28. The molecule has 1 fully saturated rings. The maximum absolute atomic E-state index is 12.5. The Bertz CT molecular complexity index is 732. The molecule has 2 aromatic rings. The number of carbonyl (C=O) groups is 2. The monoisotopic (exact) mass is 311 g/mol. The summed E-state index contributed by atoms with van der Waals surface area (Å²) in [6, 6.07) is 12.6. The second kappa shape index (κ2) is 6.52. The van der Waals surface area contributed by atoms with Gasteiger partial charge in [0.25, 0.3) is 5.91 Å². The summed E-state index contributed by atoms with van der Waals surface area (Å²) < 4.78 is 5.12. The first-order chi connectivity index (χ1) is 11.1. The molecule has 1 amide bonds. The molecule has 1 unspecified atom stereocenters. The number of carboxylic acid groups (broad SMARTS) is 1. The van der Waals surface area contributed by atoms with Gasteiger partial charge in [-0.3, -0.25) is 4.79 Å². The molecular weight excluding hydrogens is 294 g/mol. The summed E-state index contributed by atoms with van der Waals surface area (Å²) in [5.41, 5.74) is 1.08. The number of carboxylic acids is 1. The average molecular weight is 311 g/mol. The Balaban J connectivity index is 1.74. The predicted octanol–water partition coefficient (Wildman–Crippen LogP) is 3.30. The van der Waals surface area contributed by atoms with Crippen molar-refractivity contribution in [3.05, 3.63) is 65.6 Å². The van der Waals surface area contributed by atoms with Gasteiger partial charge in [-0.1, -0.05) is 42.5 Å². The molecule has 5 nitrogen and oxygen atoms in total. The van der Waals surface area contributed by atoms with Crippen molar-refractivity contribution in [1.29, 1.82) is 0 Å². The topological polar surface area (TPSA) is 70.8 Å². The molecule has 1 N–H and O–H groups in total. The van der Waals surface area contributed by atoms with Gasteiger partial charge in [0.1, 0.15) is 0 Å². The van der Waals surface area contributed by atoms with E-state index in [2.05, 4.69) is 0 Å². The molecule has 1 aliphatic rings. The van der Waals surface area contributed by atoms with Crippen LogP contribution < -0.4 is 0 Å². The van der Waals surface area contributed by atoms with E-state index in [9.17, 15) is 9.59 Å². The van der Waals surface area contributed by atoms with Crippen LogP contribution in [0.15, 0.2) is 53.0 Å². The van der Waals surface area contributed by atoms with Crippen LogP contribution in [0, 0.1) is 0 Å². The SMILES string of the molecule is O=C(O)c1ccc(C(=O)N2CCCC2/C=C/c2ccccc2)o1. The van der Waals surface area contributed by atoms with E-state index in [1.54, 1.807) is 4.90 Å². The van der Waals surface area contributed by atoms with E-state index >= 15 is 0 Å². The third-order valence-electron chi connectivity index (χ3n) is 3.90. The smallest absolute Gasteiger partial charge is 0.371 e. The van der Waals surface area contributed by atoms with Crippen molar-refractivity contribution in [3.8, 4) is 0 Å². The minimum absolute atomic E-state index is 0.00100. The number of rotatable bonds is 4. The number of aromatic carboxylic acids is 1. The molecule has 1 atom stereocenters. The van der Waals surface area contributed by atoms with Crippen molar-refractivity contribution in [2.75, 3.05) is 6.54 Å². The number of hydrogen-bond donors (Lipinski definition) is 1. The largest absolute Gasteiger partial charge is 0.475 e. The first-order valence-electron chi connectivity index (χ1n) is 7.52. The molecule has 23 heavy (non-hydrogen) atoms. The molecule has 0 aliphatic carbocycles. The van der Waals surface area contributed by atoms with Crippen molar-refractivity contribution in [1.82, 2.24) is 4.90 Å². The van der Waals surface area contributed by atoms with Gasteiger partial charge in [0.15, 0.2) is 5.76 Å². The first-order valence-corrected chi connectivity index (χ1v) is 7.52. The van der Waals surface area contributed by atoms with E-state index in [0.717, 1.165) is 18.4 Å². The number of carbonyl (C=O) groups excluding carboxylic acids is 1. The molecule has 0 spiro atoms. The van der Waals surface area contributed by atoms with Crippen LogP contribution in [0.1, 0.15) is 39.5 Å². The average Bonchev–Trinajstić information content (AvgIpc) is 3.22. The Morgan fingerprint density at radius 3 is 2.57 bits per heavy atom.